The van der Waals surface area contributed by atoms with Gasteiger partial charge in [0.1, 0.15) is 6.33 Å². The van der Waals surface area contributed by atoms with E-state index >= 15 is 0 Å². The molecule has 134 valence electrons. The summed E-state index contributed by atoms with van der Waals surface area (Å²) < 4.78 is 1.92. The van der Waals surface area contributed by atoms with E-state index in [0.29, 0.717) is 17.3 Å². The third kappa shape index (κ3) is 2.87. The van der Waals surface area contributed by atoms with Gasteiger partial charge in [-0.25, -0.2) is 9.97 Å². The van der Waals surface area contributed by atoms with Crippen LogP contribution in [0.15, 0.2) is 30.6 Å². The fourth-order valence-electron chi connectivity index (χ4n) is 3.81. The molecule has 1 N–H and O–H groups in total. The lowest BCUT2D eigenvalue weighted by molar-refractivity contribution is 0.102. The topological polar surface area (TPSA) is 59.3 Å². The Labute approximate surface area is 153 Å². The molecule has 0 saturated heterocycles. The third-order valence-corrected chi connectivity index (χ3v) is 5.11. The maximum atomic E-state index is 12.9. The van der Waals surface area contributed by atoms with Gasteiger partial charge in [-0.2, -0.15) is 0 Å². The molecule has 5 nitrogen and oxygen atoms in total. The van der Waals surface area contributed by atoms with E-state index in [1.807, 2.05) is 23.5 Å². The van der Waals surface area contributed by atoms with E-state index < -0.39 is 0 Å². The largest absolute Gasteiger partial charge is 0.320 e. The van der Waals surface area contributed by atoms with Crippen molar-refractivity contribution in [3.8, 4) is 0 Å². The van der Waals surface area contributed by atoms with Crippen molar-refractivity contribution in [2.75, 3.05) is 5.32 Å². The molecule has 0 saturated carbocycles. The number of amides is 1. The van der Waals surface area contributed by atoms with Crippen LogP contribution in [0.4, 0.5) is 5.69 Å². The summed E-state index contributed by atoms with van der Waals surface area (Å²) >= 11 is 0. The number of anilines is 1. The monoisotopic (exact) mass is 348 g/mol. The average Bonchev–Trinajstić information content (AvgIpc) is 3.05. The molecule has 1 amide bonds. The van der Waals surface area contributed by atoms with Gasteiger partial charge in [-0.1, -0.05) is 26.0 Å². The standard InChI is InChI=1S/C21H24N4O/c1-13(2)18-11-14(3)23-20-19(22-12-25(18)20)21(26)24-17-10-6-8-15-7-4-5-9-16(15)17/h6,8,10-13H,4-5,7,9H2,1-3H3,(H,24,26). The van der Waals surface area contributed by atoms with Gasteiger partial charge in [0.05, 0.1) is 0 Å². The van der Waals surface area contributed by atoms with E-state index in [9.17, 15) is 4.79 Å². The van der Waals surface area contributed by atoms with Crippen LogP contribution in [-0.4, -0.2) is 20.3 Å². The highest BCUT2D eigenvalue weighted by molar-refractivity contribution is 6.07. The number of hydrogen-bond acceptors (Lipinski definition) is 3. The third-order valence-electron chi connectivity index (χ3n) is 5.11. The van der Waals surface area contributed by atoms with Crippen LogP contribution in [0.25, 0.3) is 5.65 Å². The van der Waals surface area contributed by atoms with Gasteiger partial charge in [-0.05, 0) is 61.8 Å². The lowest BCUT2D eigenvalue weighted by atomic mass is 9.90. The predicted molar refractivity (Wildman–Crippen MR) is 103 cm³/mol. The first-order chi connectivity index (χ1) is 12.5. The molecule has 3 aromatic rings. The van der Waals surface area contributed by atoms with Gasteiger partial charge >= 0.3 is 0 Å². The normalized spacial score (nSPS) is 13.8. The minimum Gasteiger partial charge on any atom is -0.320 e. The van der Waals surface area contributed by atoms with Crippen molar-refractivity contribution in [1.29, 1.82) is 0 Å². The van der Waals surface area contributed by atoms with Crippen molar-refractivity contribution in [1.82, 2.24) is 14.4 Å². The first kappa shape index (κ1) is 16.8. The maximum Gasteiger partial charge on any atom is 0.278 e. The smallest absolute Gasteiger partial charge is 0.278 e. The Morgan fingerprint density at radius 2 is 2.04 bits per heavy atom. The summed E-state index contributed by atoms with van der Waals surface area (Å²) in [5.74, 6) is 0.129. The molecule has 0 unspecified atom stereocenters. The zero-order valence-corrected chi connectivity index (χ0v) is 15.5. The SMILES string of the molecule is Cc1cc(C(C)C)n2cnc(C(=O)Nc3cccc4c3CCCC4)c2n1. The van der Waals surface area contributed by atoms with Crippen LogP contribution in [0.3, 0.4) is 0 Å². The van der Waals surface area contributed by atoms with Crippen molar-refractivity contribution >= 4 is 17.2 Å². The molecule has 0 bridgehead atoms. The first-order valence-electron chi connectivity index (χ1n) is 9.31. The van der Waals surface area contributed by atoms with Gasteiger partial charge in [0.25, 0.3) is 5.91 Å². The van der Waals surface area contributed by atoms with E-state index in [2.05, 4.69) is 41.3 Å². The number of imidazole rings is 1. The quantitative estimate of drug-likeness (QED) is 0.768. The highest BCUT2D eigenvalue weighted by atomic mass is 16.1. The second-order valence-corrected chi connectivity index (χ2v) is 7.37. The molecule has 1 aromatic carbocycles. The number of benzene rings is 1. The first-order valence-corrected chi connectivity index (χ1v) is 9.31. The molecule has 2 heterocycles. The van der Waals surface area contributed by atoms with Crippen LogP contribution in [0.1, 0.15) is 65.6 Å². The zero-order chi connectivity index (χ0) is 18.3. The lowest BCUT2D eigenvalue weighted by Crippen LogP contribution is -2.16. The highest BCUT2D eigenvalue weighted by Crippen LogP contribution is 2.28. The van der Waals surface area contributed by atoms with Crippen LogP contribution in [-0.2, 0) is 12.8 Å². The van der Waals surface area contributed by atoms with Crippen LogP contribution >= 0.6 is 0 Å². The van der Waals surface area contributed by atoms with E-state index in [1.54, 1.807) is 6.33 Å². The summed E-state index contributed by atoms with van der Waals surface area (Å²) in [7, 11) is 0. The molecule has 2 aromatic heterocycles. The van der Waals surface area contributed by atoms with E-state index in [1.165, 1.54) is 24.0 Å². The Morgan fingerprint density at radius 3 is 2.85 bits per heavy atom. The number of carbonyl (C=O) groups excluding carboxylic acids is 1. The summed E-state index contributed by atoms with van der Waals surface area (Å²) in [5.41, 5.74) is 6.52. The van der Waals surface area contributed by atoms with Gasteiger partial charge < -0.3 is 5.32 Å². The molecule has 0 aliphatic heterocycles. The number of aromatic nitrogens is 3. The number of aryl methyl sites for hydroxylation is 2. The number of fused-ring (bicyclic) bond motifs is 2. The number of nitrogens with one attached hydrogen (secondary N) is 1. The van der Waals surface area contributed by atoms with Gasteiger partial charge in [0.15, 0.2) is 11.3 Å². The summed E-state index contributed by atoms with van der Waals surface area (Å²) in [6, 6.07) is 8.22. The van der Waals surface area contributed by atoms with Crippen LogP contribution in [0.2, 0.25) is 0 Å². The van der Waals surface area contributed by atoms with Crippen molar-refractivity contribution in [3.63, 3.8) is 0 Å². The van der Waals surface area contributed by atoms with Crippen LogP contribution < -0.4 is 5.32 Å². The number of hydrogen-bond donors (Lipinski definition) is 1. The van der Waals surface area contributed by atoms with Crippen molar-refractivity contribution in [2.45, 2.75) is 52.4 Å². The average molecular weight is 348 g/mol. The predicted octanol–water partition coefficient (Wildman–Crippen LogP) is 4.29. The number of carbonyl (C=O) groups is 1. The molecule has 1 aliphatic rings. The molecular weight excluding hydrogens is 324 g/mol. The molecule has 5 heteroatoms. The van der Waals surface area contributed by atoms with Gasteiger partial charge in [-0.15, -0.1) is 0 Å². The Balaban J connectivity index is 1.72. The maximum absolute atomic E-state index is 12.9. The summed E-state index contributed by atoms with van der Waals surface area (Å²) in [6.45, 7) is 6.21. The molecular formula is C21H24N4O. The molecule has 0 spiro atoms. The van der Waals surface area contributed by atoms with E-state index in [0.717, 1.165) is 29.9 Å². The van der Waals surface area contributed by atoms with E-state index in [4.69, 9.17) is 0 Å². The molecule has 0 fully saturated rings. The van der Waals surface area contributed by atoms with Gasteiger partial charge in [-0.3, -0.25) is 9.20 Å². The summed E-state index contributed by atoms with van der Waals surface area (Å²) in [6.07, 6.45) is 6.20. The van der Waals surface area contributed by atoms with Crippen molar-refractivity contribution in [2.24, 2.45) is 0 Å². The van der Waals surface area contributed by atoms with Crippen molar-refractivity contribution in [3.05, 3.63) is 58.8 Å². The molecule has 0 atom stereocenters. The minimum absolute atomic E-state index is 0.195. The summed E-state index contributed by atoms with van der Waals surface area (Å²) in [5, 5.41) is 3.08. The number of rotatable bonds is 3. The fraction of sp³-hybridized carbons (Fsp3) is 0.381. The second kappa shape index (κ2) is 6.56. The fourth-order valence-corrected chi connectivity index (χ4v) is 3.81. The van der Waals surface area contributed by atoms with E-state index in [-0.39, 0.29) is 5.91 Å². The second-order valence-electron chi connectivity index (χ2n) is 7.37. The Morgan fingerprint density at radius 1 is 1.23 bits per heavy atom. The lowest BCUT2D eigenvalue weighted by Gasteiger charge is -2.19. The molecule has 26 heavy (non-hydrogen) atoms. The van der Waals surface area contributed by atoms with Crippen LogP contribution in [0, 0.1) is 6.92 Å². The van der Waals surface area contributed by atoms with Crippen molar-refractivity contribution < 1.29 is 4.79 Å². The summed E-state index contributed by atoms with van der Waals surface area (Å²) in [4.78, 5) is 21.9. The molecule has 1 aliphatic carbocycles. The molecule has 4 rings (SSSR count). The Kier molecular flexibility index (Phi) is 4.23. The minimum atomic E-state index is -0.195. The van der Waals surface area contributed by atoms with Gasteiger partial charge in [0.2, 0.25) is 0 Å². The Bertz CT molecular complexity index is 987. The Hall–Kier alpha value is -2.69. The van der Waals surface area contributed by atoms with Gasteiger partial charge in [0, 0.05) is 17.1 Å². The highest BCUT2D eigenvalue weighted by Gasteiger charge is 2.20. The molecule has 0 radical (unpaired) electrons. The zero-order valence-electron chi connectivity index (χ0n) is 15.5. The number of nitrogens with zero attached hydrogens (tertiary/aromatic N) is 3. The van der Waals surface area contributed by atoms with Crippen LogP contribution in [0.5, 0.6) is 0 Å².